The molecule has 1 fully saturated rings. The lowest BCUT2D eigenvalue weighted by molar-refractivity contribution is -0.116. The maximum absolute atomic E-state index is 12.1. The summed E-state index contributed by atoms with van der Waals surface area (Å²) in [7, 11) is -3.35. The minimum absolute atomic E-state index is 0.0652. The van der Waals surface area contributed by atoms with Gasteiger partial charge in [0.1, 0.15) is 5.25 Å². The van der Waals surface area contributed by atoms with E-state index in [1.54, 1.807) is 12.1 Å². The molecule has 5 nitrogen and oxygen atoms in total. The highest BCUT2D eigenvalue weighted by Crippen LogP contribution is 2.26. The van der Waals surface area contributed by atoms with Gasteiger partial charge in [-0.1, -0.05) is 18.0 Å². The first kappa shape index (κ1) is 14.1. The van der Waals surface area contributed by atoms with E-state index >= 15 is 0 Å². The third-order valence-corrected chi connectivity index (χ3v) is 5.62. The summed E-state index contributed by atoms with van der Waals surface area (Å²) in [4.78, 5) is 12.1. The zero-order valence-electron chi connectivity index (χ0n) is 10.2. The molecule has 0 radical (unpaired) electrons. The summed E-state index contributed by atoms with van der Waals surface area (Å²) in [6, 6.07) is 4.67. The van der Waals surface area contributed by atoms with Crippen molar-refractivity contribution in [3.8, 4) is 0 Å². The van der Waals surface area contributed by atoms with Crippen molar-refractivity contribution in [2.24, 2.45) is 0 Å². The highest BCUT2D eigenvalue weighted by atomic mass is 35.5. The molecule has 3 N–H and O–H groups in total. The number of hydrogen-bond donors (Lipinski definition) is 2. The van der Waals surface area contributed by atoms with E-state index in [1.807, 2.05) is 0 Å². The van der Waals surface area contributed by atoms with Gasteiger partial charge in [-0.05, 0) is 31.0 Å². The number of amides is 1. The van der Waals surface area contributed by atoms with E-state index in [4.69, 9.17) is 17.3 Å². The molecule has 0 aliphatic carbocycles. The molecular formula is C12H15ClN2O3S. The maximum Gasteiger partial charge on any atom is 0.242 e. The van der Waals surface area contributed by atoms with Gasteiger partial charge >= 0.3 is 0 Å². The van der Waals surface area contributed by atoms with E-state index in [0.29, 0.717) is 29.2 Å². The largest absolute Gasteiger partial charge is 0.399 e. The topological polar surface area (TPSA) is 89.3 Å². The van der Waals surface area contributed by atoms with Gasteiger partial charge in [0.05, 0.1) is 16.5 Å². The second-order valence-corrected chi connectivity index (χ2v) is 7.29. The number of benzene rings is 1. The van der Waals surface area contributed by atoms with Crippen LogP contribution in [0.15, 0.2) is 18.2 Å². The number of nitrogens with two attached hydrogens (primary N) is 1. The molecule has 1 aromatic carbocycles. The van der Waals surface area contributed by atoms with Crippen molar-refractivity contribution < 1.29 is 13.2 Å². The molecule has 1 aliphatic heterocycles. The minimum Gasteiger partial charge on any atom is -0.399 e. The van der Waals surface area contributed by atoms with Crippen molar-refractivity contribution in [3.63, 3.8) is 0 Å². The average molecular weight is 303 g/mol. The molecule has 1 saturated heterocycles. The third kappa shape index (κ3) is 3.19. The second-order valence-electron chi connectivity index (χ2n) is 4.58. The summed E-state index contributed by atoms with van der Waals surface area (Å²) in [6.07, 6.45) is 1.71. The van der Waals surface area contributed by atoms with Crippen LogP contribution >= 0.6 is 11.6 Å². The molecule has 1 aliphatic rings. The number of carbonyl (C=O) groups is 1. The highest BCUT2D eigenvalue weighted by Gasteiger charge is 2.34. The van der Waals surface area contributed by atoms with E-state index in [2.05, 4.69) is 5.32 Å². The molecule has 7 heteroatoms. The maximum atomic E-state index is 12.1. The number of hydrogen-bond acceptors (Lipinski definition) is 4. The van der Waals surface area contributed by atoms with Gasteiger partial charge in [-0.25, -0.2) is 8.42 Å². The number of nitrogens with one attached hydrogen (secondary N) is 1. The average Bonchev–Trinajstić information content (AvgIpc) is 2.33. The highest BCUT2D eigenvalue weighted by molar-refractivity contribution is 7.92. The zero-order chi connectivity index (χ0) is 14.0. The molecule has 1 aromatic rings. The first-order valence-corrected chi connectivity index (χ1v) is 8.07. The van der Waals surface area contributed by atoms with Gasteiger partial charge < -0.3 is 11.1 Å². The molecule has 0 spiro atoms. The van der Waals surface area contributed by atoms with Crippen LogP contribution < -0.4 is 11.1 Å². The Morgan fingerprint density at radius 1 is 1.37 bits per heavy atom. The van der Waals surface area contributed by atoms with Crippen LogP contribution in [0.4, 0.5) is 11.4 Å². The minimum atomic E-state index is -3.35. The standard InChI is InChI=1S/C12H15ClN2O3S/c13-9-5-4-8(14)7-10(9)15-12(16)11-3-1-2-6-19(11,17)18/h4-5,7,11H,1-3,6,14H2,(H,15,16). The third-order valence-electron chi connectivity index (χ3n) is 3.12. The lowest BCUT2D eigenvalue weighted by atomic mass is 10.1. The predicted octanol–water partition coefficient (Wildman–Crippen LogP) is 1.83. The number of halogens is 1. The normalized spacial score (nSPS) is 21.8. The van der Waals surface area contributed by atoms with Gasteiger partial charge in [-0.15, -0.1) is 0 Å². The van der Waals surface area contributed by atoms with Gasteiger partial charge in [-0.2, -0.15) is 0 Å². The van der Waals surface area contributed by atoms with E-state index in [9.17, 15) is 13.2 Å². The molecule has 1 amide bonds. The summed E-state index contributed by atoms with van der Waals surface area (Å²) < 4.78 is 23.7. The van der Waals surface area contributed by atoms with Gasteiger partial charge in [-0.3, -0.25) is 4.79 Å². The Kier molecular flexibility index (Phi) is 4.01. The van der Waals surface area contributed by atoms with Crippen molar-refractivity contribution >= 4 is 38.7 Å². The summed E-state index contributed by atoms with van der Waals surface area (Å²) in [5, 5.41) is 1.89. The lowest BCUT2D eigenvalue weighted by Gasteiger charge is -2.21. The molecule has 1 atom stereocenters. The van der Waals surface area contributed by atoms with Crippen molar-refractivity contribution in [1.29, 1.82) is 0 Å². The smallest absolute Gasteiger partial charge is 0.242 e. The van der Waals surface area contributed by atoms with Crippen LogP contribution in [0.1, 0.15) is 19.3 Å². The zero-order valence-corrected chi connectivity index (χ0v) is 11.8. The SMILES string of the molecule is Nc1ccc(Cl)c(NC(=O)C2CCCCS2(=O)=O)c1. The Bertz CT molecular complexity index is 601. The van der Waals surface area contributed by atoms with Crippen LogP contribution in [0.2, 0.25) is 5.02 Å². The summed E-state index contributed by atoms with van der Waals surface area (Å²) in [6.45, 7) is 0. The molecular weight excluding hydrogens is 288 g/mol. The number of rotatable bonds is 2. The number of anilines is 2. The first-order valence-electron chi connectivity index (χ1n) is 5.97. The molecule has 1 heterocycles. The predicted molar refractivity (Wildman–Crippen MR) is 75.9 cm³/mol. The van der Waals surface area contributed by atoms with Crippen LogP contribution in [-0.4, -0.2) is 25.3 Å². The molecule has 1 unspecified atom stereocenters. The van der Waals surface area contributed by atoms with Gasteiger partial charge in [0, 0.05) is 5.69 Å². The van der Waals surface area contributed by atoms with Gasteiger partial charge in [0.2, 0.25) is 5.91 Å². The van der Waals surface area contributed by atoms with Crippen LogP contribution in [0, 0.1) is 0 Å². The fourth-order valence-corrected chi connectivity index (χ4v) is 4.07. The van der Waals surface area contributed by atoms with E-state index in [-0.39, 0.29) is 5.75 Å². The van der Waals surface area contributed by atoms with Crippen LogP contribution in [0.5, 0.6) is 0 Å². The van der Waals surface area contributed by atoms with Crippen LogP contribution in [0.25, 0.3) is 0 Å². The summed E-state index contributed by atoms with van der Waals surface area (Å²) in [5.74, 6) is -0.470. The first-order chi connectivity index (χ1) is 8.90. The number of nitrogen functional groups attached to an aromatic ring is 1. The van der Waals surface area contributed by atoms with E-state index in [1.165, 1.54) is 6.07 Å². The van der Waals surface area contributed by atoms with Crippen LogP contribution in [0.3, 0.4) is 0 Å². The second kappa shape index (κ2) is 5.38. The lowest BCUT2D eigenvalue weighted by Crippen LogP contribution is -2.39. The van der Waals surface area contributed by atoms with E-state index < -0.39 is 21.0 Å². The monoisotopic (exact) mass is 302 g/mol. The number of carbonyl (C=O) groups excluding carboxylic acids is 1. The quantitative estimate of drug-likeness (QED) is 0.816. The Hall–Kier alpha value is -1.27. The Balaban J connectivity index is 2.19. The van der Waals surface area contributed by atoms with Crippen molar-refractivity contribution in [2.75, 3.05) is 16.8 Å². The summed E-state index contributed by atoms with van der Waals surface area (Å²) >= 11 is 5.93. The molecule has 104 valence electrons. The Labute approximate surface area is 117 Å². The van der Waals surface area contributed by atoms with E-state index in [0.717, 1.165) is 6.42 Å². The van der Waals surface area contributed by atoms with Crippen molar-refractivity contribution in [1.82, 2.24) is 0 Å². The molecule has 0 saturated carbocycles. The molecule has 0 aromatic heterocycles. The van der Waals surface area contributed by atoms with Gasteiger partial charge in [0.15, 0.2) is 9.84 Å². The molecule has 19 heavy (non-hydrogen) atoms. The Morgan fingerprint density at radius 2 is 2.11 bits per heavy atom. The Morgan fingerprint density at radius 3 is 2.79 bits per heavy atom. The fourth-order valence-electron chi connectivity index (χ4n) is 2.10. The van der Waals surface area contributed by atoms with Gasteiger partial charge in [0.25, 0.3) is 0 Å². The van der Waals surface area contributed by atoms with Crippen molar-refractivity contribution in [2.45, 2.75) is 24.5 Å². The van der Waals surface area contributed by atoms with Crippen LogP contribution in [-0.2, 0) is 14.6 Å². The molecule has 0 bridgehead atoms. The van der Waals surface area contributed by atoms with Crippen molar-refractivity contribution in [3.05, 3.63) is 23.2 Å². The molecule has 2 rings (SSSR count). The number of sulfone groups is 1. The summed E-state index contributed by atoms with van der Waals surface area (Å²) in [5.41, 5.74) is 6.40. The fraction of sp³-hybridized carbons (Fsp3) is 0.417.